The molecule has 0 saturated carbocycles. The molecule has 2 aromatic heterocycles. The van der Waals surface area contributed by atoms with Gasteiger partial charge < -0.3 is 9.64 Å². The maximum Gasteiger partial charge on any atom is 0.288 e. The number of hydrogen-bond acceptors (Lipinski definition) is 8. The summed E-state index contributed by atoms with van der Waals surface area (Å²) < 4.78 is 6.85. The highest BCUT2D eigenvalue weighted by atomic mass is 35.5. The Morgan fingerprint density at radius 2 is 2.00 bits per heavy atom. The van der Waals surface area contributed by atoms with Crippen LogP contribution in [0.15, 0.2) is 30.5 Å². The van der Waals surface area contributed by atoms with Crippen molar-refractivity contribution < 1.29 is 14.5 Å². The monoisotopic (exact) mass is 444 g/mol. The molecular weight excluding hydrogens is 424 g/mol. The molecule has 11 heteroatoms. The highest BCUT2D eigenvalue weighted by Crippen LogP contribution is 2.31. The second kappa shape index (κ2) is 8.48. The molecule has 1 aliphatic rings. The smallest absolute Gasteiger partial charge is 0.288 e. The molecule has 3 aromatic rings. The number of carbonyl (C=O) groups excluding carboxylic acids is 1. The first kappa shape index (κ1) is 21.0. The number of nitrogens with zero attached hydrogens (tertiary/aromatic N) is 6. The van der Waals surface area contributed by atoms with E-state index in [1.165, 1.54) is 12.3 Å². The van der Waals surface area contributed by atoms with Crippen molar-refractivity contribution in [1.29, 1.82) is 0 Å². The number of aryl methyl sites for hydroxylation is 1. The molecule has 1 aliphatic heterocycles. The van der Waals surface area contributed by atoms with Gasteiger partial charge in [0.1, 0.15) is 11.9 Å². The van der Waals surface area contributed by atoms with Gasteiger partial charge in [-0.05, 0) is 19.1 Å². The van der Waals surface area contributed by atoms with Crippen LogP contribution in [-0.4, -0.2) is 64.2 Å². The summed E-state index contributed by atoms with van der Waals surface area (Å²) in [5.41, 5.74) is 1.93. The molecule has 3 heterocycles. The van der Waals surface area contributed by atoms with Crippen LogP contribution >= 0.6 is 11.6 Å². The molecule has 1 unspecified atom stereocenters. The number of aldehydes is 1. The Balaban J connectivity index is 1.55. The van der Waals surface area contributed by atoms with Gasteiger partial charge in [0.25, 0.3) is 5.69 Å². The Morgan fingerprint density at radius 3 is 2.65 bits per heavy atom. The van der Waals surface area contributed by atoms with E-state index in [0.29, 0.717) is 53.7 Å². The third-order valence-electron chi connectivity index (χ3n) is 5.49. The molecule has 10 nitrogen and oxygen atoms in total. The van der Waals surface area contributed by atoms with E-state index in [1.54, 1.807) is 24.8 Å². The van der Waals surface area contributed by atoms with Crippen molar-refractivity contribution in [2.24, 2.45) is 0 Å². The minimum absolute atomic E-state index is 0.107. The van der Waals surface area contributed by atoms with Crippen molar-refractivity contribution >= 4 is 40.3 Å². The lowest BCUT2D eigenvalue weighted by Gasteiger charge is -2.38. The molecule has 1 fully saturated rings. The summed E-state index contributed by atoms with van der Waals surface area (Å²) in [6.45, 7) is 4.40. The number of hydrogen-bond donors (Lipinski definition) is 0. The first-order valence-electron chi connectivity index (χ1n) is 9.70. The minimum atomic E-state index is -0.646. The van der Waals surface area contributed by atoms with Gasteiger partial charge in [-0.25, -0.2) is 9.67 Å². The number of aromatic nitrogens is 3. The highest BCUT2D eigenvalue weighted by Gasteiger charge is 2.28. The molecule has 0 bridgehead atoms. The van der Waals surface area contributed by atoms with Gasteiger partial charge in [0.2, 0.25) is 0 Å². The second-order valence-corrected chi connectivity index (χ2v) is 7.65. The fraction of sp³-hybridized carbons (Fsp3) is 0.350. The van der Waals surface area contributed by atoms with Crippen molar-refractivity contribution in [1.82, 2.24) is 19.7 Å². The van der Waals surface area contributed by atoms with E-state index in [1.807, 2.05) is 17.0 Å². The molecule has 0 radical (unpaired) electrons. The van der Waals surface area contributed by atoms with Gasteiger partial charge in [0.15, 0.2) is 18.1 Å². The molecule has 1 aromatic carbocycles. The van der Waals surface area contributed by atoms with Crippen LogP contribution in [0.5, 0.6) is 5.75 Å². The van der Waals surface area contributed by atoms with E-state index in [2.05, 4.69) is 15.0 Å². The number of nitro groups is 1. The third kappa shape index (κ3) is 3.91. The van der Waals surface area contributed by atoms with Crippen molar-refractivity contribution in [3.05, 3.63) is 51.3 Å². The summed E-state index contributed by atoms with van der Waals surface area (Å²) in [5, 5.41) is 16.6. The Morgan fingerprint density at radius 1 is 1.26 bits per heavy atom. The van der Waals surface area contributed by atoms with Gasteiger partial charge in [-0.15, -0.1) is 0 Å². The average Bonchev–Trinajstić information content (AvgIpc) is 3.11. The number of benzene rings is 1. The van der Waals surface area contributed by atoms with Gasteiger partial charge in [0.05, 0.1) is 22.7 Å². The topological polar surface area (TPSA) is 107 Å². The van der Waals surface area contributed by atoms with Crippen LogP contribution in [0, 0.1) is 17.0 Å². The Hall–Kier alpha value is -3.24. The number of carbonyl (C=O) groups is 1. The van der Waals surface area contributed by atoms with Crippen LogP contribution in [0.2, 0.25) is 5.02 Å². The van der Waals surface area contributed by atoms with E-state index in [4.69, 9.17) is 16.3 Å². The number of rotatable bonds is 6. The number of anilines is 1. The molecule has 1 saturated heterocycles. The van der Waals surface area contributed by atoms with E-state index >= 15 is 0 Å². The Labute approximate surface area is 183 Å². The minimum Gasteiger partial charge on any atom is -0.495 e. The second-order valence-electron chi connectivity index (χ2n) is 7.24. The third-order valence-corrected chi connectivity index (χ3v) is 5.80. The molecule has 0 amide bonds. The van der Waals surface area contributed by atoms with Crippen LogP contribution in [0.25, 0.3) is 11.0 Å². The zero-order valence-electron chi connectivity index (χ0n) is 17.1. The van der Waals surface area contributed by atoms with Crippen molar-refractivity contribution in [2.75, 3.05) is 38.2 Å². The fourth-order valence-electron chi connectivity index (χ4n) is 3.83. The summed E-state index contributed by atoms with van der Waals surface area (Å²) in [4.78, 5) is 31.0. The van der Waals surface area contributed by atoms with Crippen molar-refractivity contribution in [3.8, 4) is 5.75 Å². The first-order chi connectivity index (χ1) is 14.9. The standard InChI is InChI=1S/C20H21ClN6O4/c1-13-16-9-15(27(29)30)11-22-20(16)26(23-13)19(12-28)25-7-5-24(6-8-25)14-3-4-17(21)18(10-14)31-2/h3-4,9-12,19H,5-8H2,1-2H3. The zero-order chi connectivity index (χ0) is 22.1. The molecule has 0 aliphatic carbocycles. The van der Waals surface area contributed by atoms with Crippen molar-refractivity contribution in [3.63, 3.8) is 0 Å². The summed E-state index contributed by atoms with van der Waals surface area (Å²) in [6.07, 6.45) is 1.37. The highest BCUT2D eigenvalue weighted by molar-refractivity contribution is 6.32. The summed E-state index contributed by atoms with van der Waals surface area (Å²) in [6, 6.07) is 7.09. The van der Waals surface area contributed by atoms with Gasteiger partial charge >= 0.3 is 0 Å². The molecular formula is C20H21ClN6O4. The maximum atomic E-state index is 12.0. The quantitative estimate of drug-likeness (QED) is 0.324. The molecule has 0 spiro atoms. The number of pyridine rings is 1. The van der Waals surface area contributed by atoms with Gasteiger partial charge in [-0.3, -0.25) is 19.8 Å². The van der Waals surface area contributed by atoms with Crippen LogP contribution < -0.4 is 9.64 Å². The summed E-state index contributed by atoms with van der Waals surface area (Å²) >= 11 is 6.12. The van der Waals surface area contributed by atoms with Crippen molar-refractivity contribution in [2.45, 2.75) is 13.1 Å². The van der Waals surface area contributed by atoms with Crippen LogP contribution in [0.3, 0.4) is 0 Å². The number of fused-ring (bicyclic) bond motifs is 1. The number of ether oxygens (including phenoxy) is 1. The van der Waals surface area contributed by atoms with Crippen LogP contribution in [-0.2, 0) is 4.79 Å². The van der Waals surface area contributed by atoms with Gasteiger partial charge in [-0.2, -0.15) is 5.10 Å². The lowest BCUT2D eigenvalue weighted by Crippen LogP contribution is -2.49. The number of methoxy groups -OCH3 is 1. The average molecular weight is 445 g/mol. The predicted molar refractivity (Wildman–Crippen MR) is 116 cm³/mol. The first-order valence-corrected chi connectivity index (χ1v) is 10.1. The largest absolute Gasteiger partial charge is 0.495 e. The zero-order valence-corrected chi connectivity index (χ0v) is 17.8. The van der Waals surface area contributed by atoms with E-state index < -0.39 is 11.1 Å². The predicted octanol–water partition coefficient (Wildman–Crippen LogP) is 2.83. The molecule has 0 N–H and O–H groups in total. The van der Waals surface area contributed by atoms with Gasteiger partial charge in [-0.1, -0.05) is 11.6 Å². The molecule has 1 atom stereocenters. The van der Waals surface area contributed by atoms with Crippen LogP contribution in [0.4, 0.5) is 11.4 Å². The molecule has 4 rings (SSSR count). The van der Waals surface area contributed by atoms with Gasteiger partial charge in [0, 0.05) is 49.4 Å². The van der Waals surface area contributed by atoms with E-state index in [-0.39, 0.29) is 5.69 Å². The fourth-order valence-corrected chi connectivity index (χ4v) is 4.03. The Kier molecular flexibility index (Phi) is 5.75. The van der Waals surface area contributed by atoms with E-state index in [9.17, 15) is 14.9 Å². The normalized spacial score (nSPS) is 15.8. The lowest BCUT2D eigenvalue weighted by molar-refractivity contribution is -0.385. The molecule has 162 valence electrons. The SMILES string of the molecule is COc1cc(N2CCN(C(C=O)n3nc(C)c4cc([N+](=O)[O-])cnc43)CC2)ccc1Cl. The van der Waals surface area contributed by atoms with Crippen LogP contribution in [0.1, 0.15) is 11.9 Å². The Bertz CT molecular complexity index is 1140. The molecule has 31 heavy (non-hydrogen) atoms. The summed E-state index contributed by atoms with van der Waals surface area (Å²) in [7, 11) is 1.58. The maximum absolute atomic E-state index is 12.0. The lowest BCUT2D eigenvalue weighted by atomic mass is 10.2. The number of halogens is 1. The number of piperazine rings is 1. The van der Waals surface area contributed by atoms with E-state index in [0.717, 1.165) is 12.0 Å². The summed E-state index contributed by atoms with van der Waals surface area (Å²) in [5.74, 6) is 0.617.